The molecule has 1 aromatic carbocycles. The maximum absolute atomic E-state index is 11.9. The zero-order chi connectivity index (χ0) is 16.4. The lowest BCUT2D eigenvalue weighted by Gasteiger charge is -2.07. The Morgan fingerprint density at radius 3 is 1.29 bits per heavy atom. The molecule has 0 fully saturated rings. The molecule has 1 heterocycles. The van der Waals surface area contributed by atoms with Gasteiger partial charge in [-0.2, -0.15) is 0 Å². The summed E-state index contributed by atoms with van der Waals surface area (Å²) in [5.74, 6) is 0. The van der Waals surface area contributed by atoms with Gasteiger partial charge >= 0.3 is 0 Å². The van der Waals surface area contributed by atoms with Crippen LogP contribution < -0.4 is 4.13 Å². The molecule has 0 atom stereocenters. The maximum atomic E-state index is 11.9. The summed E-state index contributed by atoms with van der Waals surface area (Å²) in [4.78, 5) is -3.68. The third-order valence-corrected chi connectivity index (χ3v) is 8.94. The van der Waals surface area contributed by atoms with Crippen LogP contribution in [0.5, 0.6) is 0 Å². The zero-order valence-corrected chi connectivity index (χ0v) is 13.8. The summed E-state index contributed by atoms with van der Waals surface area (Å²) in [6.07, 6.45) is 1.37. The molecule has 1 aliphatic rings. The van der Waals surface area contributed by atoms with Crippen molar-refractivity contribution in [3.63, 3.8) is 0 Å². The van der Waals surface area contributed by atoms with Crippen LogP contribution in [0.25, 0.3) is 0 Å². The summed E-state index contributed by atoms with van der Waals surface area (Å²) < 4.78 is 95.2. The minimum absolute atomic E-state index is 0.684. The van der Waals surface area contributed by atoms with Crippen LogP contribution in [-0.4, -0.2) is 46.2 Å². The number of sulfone groups is 2. The summed E-state index contributed by atoms with van der Waals surface area (Å²) in [5.41, 5.74) is 0. The van der Waals surface area contributed by atoms with Gasteiger partial charge in [0.15, 0.2) is 19.7 Å². The van der Waals surface area contributed by atoms with E-state index in [4.69, 9.17) is 0 Å². The molecular formula is C8H9NO8S4. The summed E-state index contributed by atoms with van der Waals surface area (Å²) in [7, 11) is -17.6. The fraction of sp³-hybridized carbons (Fsp3) is 0.250. The van der Waals surface area contributed by atoms with E-state index in [0.29, 0.717) is 12.5 Å². The van der Waals surface area contributed by atoms with E-state index in [2.05, 4.69) is 0 Å². The van der Waals surface area contributed by atoms with E-state index in [1.54, 1.807) is 0 Å². The second-order valence-electron chi connectivity index (χ2n) is 4.35. The van der Waals surface area contributed by atoms with E-state index in [1.165, 1.54) is 4.13 Å². The molecule has 0 unspecified atom stereocenters. The number of fused-ring (bicyclic) bond motifs is 1. The van der Waals surface area contributed by atoms with Gasteiger partial charge in [-0.25, -0.2) is 33.7 Å². The minimum atomic E-state index is -4.69. The molecule has 118 valence electrons. The molecule has 9 nitrogen and oxygen atoms in total. The van der Waals surface area contributed by atoms with Crippen LogP contribution in [0, 0.1) is 0 Å². The summed E-state index contributed by atoms with van der Waals surface area (Å²) in [6, 6.07) is 1.51. The van der Waals surface area contributed by atoms with E-state index < -0.39 is 59.3 Å². The number of hydrogen-bond acceptors (Lipinski definition) is 8. The first-order valence-corrected chi connectivity index (χ1v) is 11.8. The minimum Gasteiger partial charge on any atom is -0.224 e. The normalized spacial score (nSPS) is 20.1. The quantitative estimate of drug-likeness (QED) is 0.654. The van der Waals surface area contributed by atoms with Crippen LogP contribution in [0.15, 0.2) is 31.7 Å². The average molecular weight is 375 g/mol. The van der Waals surface area contributed by atoms with Gasteiger partial charge in [0.25, 0.3) is 20.0 Å². The van der Waals surface area contributed by atoms with Crippen molar-refractivity contribution in [2.24, 2.45) is 0 Å². The van der Waals surface area contributed by atoms with E-state index in [1.807, 2.05) is 0 Å². The third kappa shape index (κ3) is 2.59. The van der Waals surface area contributed by atoms with Crippen molar-refractivity contribution in [1.29, 1.82) is 0 Å². The van der Waals surface area contributed by atoms with Crippen LogP contribution in [0.2, 0.25) is 0 Å². The molecule has 1 N–H and O–H groups in total. The van der Waals surface area contributed by atoms with Gasteiger partial charge in [-0.1, -0.05) is 0 Å². The lowest BCUT2D eigenvalue weighted by molar-refractivity contribution is 0.580. The fourth-order valence-corrected chi connectivity index (χ4v) is 8.91. The molecule has 13 heteroatoms. The highest BCUT2D eigenvalue weighted by molar-refractivity contribution is 8.08. The third-order valence-electron chi connectivity index (χ3n) is 2.60. The zero-order valence-electron chi connectivity index (χ0n) is 10.6. The van der Waals surface area contributed by atoms with Gasteiger partial charge in [0, 0.05) is 12.5 Å². The molecule has 0 bridgehead atoms. The van der Waals surface area contributed by atoms with Crippen LogP contribution in [0.1, 0.15) is 0 Å². The molecule has 0 amide bonds. The van der Waals surface area contributed by atoms with Crippen LogP contribution >= 0.6 is 0 Å². The Kier molecular flexibility index (Phi) is 3.31. The molecule has 21 heavy (non-hydrogen) atoms. The number of rotatable bonds is 2. The summed E-state index contributed by atoms with van der Waals surface area (Å²) >= 11 is 0. The Balaban J connectivity index is 3.22. The van der Waals surface area contributed by atoms with Gasteiger partial charge < -0.3 is 0 Å². The van der Waals surface area contributed by atoms with Gasteiger partial charge in [-0.05, 0) is 12.1 Å². The molecule has 0 saturated heterocycles. The predicted octanol–water partition coefficient (Wildman–Crippen LogP) is -1.53. The Labute approximate surface area is 121 Å². The predicted molar refractivity (Wildman–Crippen MR) is 70.2 cm³/mol. The van der Waals surface area contributed by atoms with E-state index in [0.717, 1.165) is 12.1 Å². The van der Waals surface area contributed by atoms with Crippen molar-refractivity contribution in [3.8, 4) is 0 Å². The first-order chi connectivity index (χ1) is 9.18. The summed E-state index contributed by atoms with van der Waals surface area (Å²) in [5, 5.41) is 0. The number of benzene rings is 1. The molecule has 1 aromatic rings. The molecule has 0 radical (unpaired) electrons. The van der Waals surface area contributed by atoms with E-state index >= 15 is 0 Å². The number of sulfonamides is 2. The Morgan fingerprint density at radius 1 is 0.762 bits per heavy atom. The van der Waals surface area contributed by atoms with Crippen LogP contribution in [0.3, 0.4) is 0 Å². The van der Waals surface area contributed by atoms with Crippen LogP contribution in [0.4, 0.5) is 0 Å². The monoisotopic (exact) mass is 375 g/mol. The lowest BCUT2D eigenvalue weighted by Crippen LogP contribution is -2.22. The fourth-order valence-electron chi connectivity index (χ4n) is 1.85. The molecule has 0 saturated carbocycles. The Morgan fingerprint density at radius 2 is 1.05 bits per heavy atom. The molecule has 1 aliphatic heterocycles. The van der Waals surface area contributed by atoms with Crippen molar-refractivity contribution in [2.75, 3.05) is 12.5 Å². The lowest BCUT2D eigenvalue weighted by atomic mass is 10.3. The molecule has 0 aromatic heterocycles. The average Bonchev–Trinajstić information content (AvgIpc) is 2.41. The van der Waals surface area contributed by atoms with Crippen LogP contribution in [-0.2, 0) is 39.7 Å². The van der Waals surface area contributed by atoms with Gasteiger partial charge in [0.1, 0.15) is 9.79 Å². The van der Waals surface area contributed by atoms with Gasteiger partial charge in [0.05, 0.1) is 9.79 Å². The van der Waals surface area contributed by atoms with E-state index in [-0.39, 0.29) is 0 Å². The highest BCUT2D eigenvalue weighted by Gasteiger charge is 2.45. The van der Waals surface area contributed by atoms with Crippen molar-refractivity contribution in [2.45, 2.75) is 19.6 Å². The van der Waals surface area contributed by atoms with Gasteiger partial charge in [0.2, 0.25) is 0 Å². The van der Waals surface area contributed by atoms with E-state index in [9.17, 15) is 33.7 Å². The highest BCUT2D eigenvalue weighted by atomic mass is 32.3. The second-order valence-corrected chi connectivity index (χ2v) is 11.8. The molecule has 0 aliphatic carbocycles. The summed E-state index contributed by atoms with van der Waals surface area (Å²) in [6.45, 7) is 0. The molecule has 0 spiro atoms. The maximum Gasteiger partial charge on any atom is 0.256 e. The highest BCUT2D eigenvalue weighted by Crippen LogP contribution is 2.38. The number of hydrogen-bond donors (Lipinski definition) is 1. The Hall–Kier alpha value is -1.02. The van der Waals surface area contributed by atoms with Crippen molar-refractivity contribution in [1.82, 2.24) is 4.13 Å². The first-order valence-electron chi connectivity index (χ1n) is 5.04. The SMILES string of the molecule is CS(=O)(=O)c1ccc(S(C)(=O)=O)c2c1S(=O)(=O)NS2(=O)=O. The van der Waals surface area contributed by atoms with Crippen molar-refractivity contribution >= 4 is 39.7 Å². The standard InChI is InChI=1S/C8H9NO8S4/c1-18(10,11)5-3-4-6(19(2,12)13)8-7(5)20(14,15)9-21(8,16)17/h3-4,9H,1-2H3. The smallest absolute Gasteiger partial charge is 0.224 e. The number of nitrogens with one attached hydrogen (secondary N) is 1. The first kappa shape index (κ1) is 16.4. The Bertz CT molecular complexity index is 974. The second kappa shape index (κ2) is 4.25. The van der Waals surface area contributed by atoms with Crippen molar-refractivity contribution < 1.29 is 33.7 Å². The molecule has 2 rings (SSSR count). The van der Waals surface area contributed by atoms with Gasteiger partial charge in [-0.3, -0.25) is 0 Å². The van der Waals surface area contributed by atoms with Gasteiger partial charge in [-0.15, -0.1) is 4.13 Å². The molecular weight excluding hydrogens is 366 g/mol. The van der Waals surface area contributed by atoms with Crippen molar-refractivity contribution in [3.05, 3.63) is 12.1 Å². The largest absolute Gasteiger partial charge is 0.256 e. The topological polar surface area (TPSA) is 149 Å².